The van der Waals surface area contributed by atoms with Gasteiger partial charge in [0, 0.05) is 5.69 Å². The molecule has 1 saturated heterocycles. The number of anilines is 1. The van der Waals surface area contributed by atoms with E-state index in [1.807, 2.05) is 6.07 Å². The molecule has 124 valence electrons. The number of nitriles is 1. The standard InChI is InChI=1S/C17H18N4O3/c1-11(14(22)19-13-6-4-12(10-18)5-7-13)21-15(23)17(20-16(21)24)8-2-3-9-17/h4-7,11H,2-3,8-9H2,1H3,(H,19,22)(H,20,24). The predicted octanol–water partition coefficient (Wildman–Crippen LogP) is 1.75. The SMILES string of the molecule is CC(C(=O)Nc1ccc(C#N)cc1)N1C(=O)NC2(CCCC2)C1=O. The van der Waals surface area contributed by atoms with E-state index in [4.69, 9.17) is 5.26 Å². The monoisotopic (exact) mass is 326 g/mol. The van der Waals surface area contributed by atoms with E-state index in [0.717, 1.165) is 17.7 Å². The van der Waals surface area contributed by atoms with Gasteiger partial charge in [0.2, 0.25) is 5.91 Å². The maximum absolute atomic E-state index is 12.6. The molecule has 7 heteroatoms. The Morgan fingerprint density at radius 1 is 1.29 bits per heavy atom. The van der Waals surface area contributed by atoms with Crippen LogP contribution in [-0.4, -0.2) is 34.3 Å². The molecule has 0 aromatic heterocycles. The minimum Gasteiger partial charge on any atom is -0.324 e. The molecule has 1 atom stereocenters. The minimum atomic E-state index is -0.909. The molecule has 1 aliphatic heterocycles. The van der Waals surface area contributed by atoms with E-state index >= 15 is 0 Å². The van der Waals surface area contributed by atoms with Gasteiger partial charge in [-0.05, 0) is 44.0 Å². The molecule has 3 rings (SSSR count). The van der Waals surface area contributed by atoms with Crippen molar-refractivity contribution in [2.45, 2.75) is 44.2 Å². The maximum Gasteiger partial charge on any atom is 0.325 e. The van der Waals surface area contributed by atoms with Crippen molar-refractivity contribution in [1.29, 1.82) is 5.26 Å². The molecule has 2 fully saturated rings. The highest BCUT2D eigenvalue weighted by Crippen LogP contribution is 2.35. The van der Waals surface area contributed by atoms with Crippen molar-refractivity contribution in [3.8, 4) is 6.07 Å². The molecule has 1 saturated carbocycles. The number of imide groups is 1. The molecular weight excluding hydrogens is 308 g/mol. The first kappa shape index (κ1) is 16.0. The molecule has 4 amide bonds. The Morgan fingerprint density at radius 3 is 2.50 bits per heavy atom. The zero-order valence-electron chi connectivity index (χ0n) is 13.3. The number of carbonyl (C=O) groups is 3. The molecule has 7 nitrogen and oxygen atoms in total. The van der Waals surface area contributed by atoms with E-state index in [9.17, 15) is 14.4 Å². The Morgan fingerprint density at radius 2 is 1.92 bits per heavy atom. The molecule has 1 aromatic carbocycles. The summed E-state index contributed by atoms with van der Waals surface area (Å²) in [6, 6.07) is 6.96. The van der Waals surface area contributed by atoms with Crippen molar-refractivity contribution in [1.82, 2.24) is 10.2 Å². The van der Waals surface area contributed by atoms with Crippen LogP contribution in [0.3, 0.4) is 0 Å². The average Bonchev–Trinajstić information content (AvgIpc) is 3.13. The van der Waals surface area contributed by atoms with Crippen molar-refractivity contribution < 1.29 is 14.4 Å². The van der Waals surface area contributed by atoms with E-state index in [0.29, 0.717) is 24.1 Å². The van der Waals surface area contributed by atoms with Gasteiger partial charge in [0.05, 0.1) is 11.6 Å². The number of rotatable bonds is 3. The summed E-state index contributed by atoms with van der Waals surface area (Å²) in [7, 11) is 0. The summed E-state index contributed by atoms with van der Waals surface area (Å²) >= 11 is 0. The number of nitrogens with zero attached hydrogens (tertiary/aromatic N) is 2. The molecule has 24 heavy (non-hydrogen) atoms. The predicted molar refractivity (Wildman–Crippen MR) is 85.8 cm³/mol. The smallest absolute Gasteiger partial charge is 0.324 e. The van der Waals surface area contributed by atoms with Crippen LogP contribution in [0.15, 0.2) is 24.3 Å². The number of benzene rings is 1. The zero-order chi connectivity index (χ0) is 17.3. The van der Waals surface area contributed by atoms with Crippen LogP contribution in [0.25, 0.3) is 0 Å². The van der Waals surface area contributed by atoms with Gasteiger partial charge in [0.1, 0.15) is 11.6 Å². The number of amides is 4. The van der Waals surface area contributed by atoms with Crippen LogP contribution >= 0.6 is 0 Å². The molecule has 0 bridgehead atoms. The summed E-state index contributed by atoms with van der Waals surface area (Å²) in [5.41, 5.74) is 0.173. The fourth-order valence-corrected chi connectivity index (χ4v) is 3.30. The molecule has 0 radical (unpaired) electrons. The largest absolute Gasteiger partial charge is 0.325 e. The summed E-state index contributed by atoms with van der Waals surface area (Å²) in [6.07, 6.45) is 3.04. The average molecular weight is 326 g/mol. The van der Waals surface area contributed by atoms with E-state index in [-0.39, 0.29) is 5.91 Å². The van der Waals surface area contributed by atoms with Gasteiger partial charge >= 0.3 is 6.03 Å². The fraction of sp³-hybridized carbons (Fsp3) is 0.412. The van der Waals surface area contributed by atoms with Gasteiger partial charge in [0.15, 0.2) is 0 Å². The van der Waals surface area contributed by atoms with Crippen LogP contribution in [0.2, 0.25) is 0 Å². The molecule has 2 N–H and O–H groups in total. The first-order valence-corrected chi connectivity index (χ1v) is 7.94. The Labute approximate surface area is 139 Å². The number of urea groups is 1. The van der Waals surface area contributed by atoms with Crippen LogP contribution in [0, 0.1) is 11.3 Å². The van der Waals surface area contributed by atoms with Gasteiger partial charge in [-0.25, -0.2) is 9.69 Å². The lowest BCUT2D eigenvalue weighted by Crippen LogP contribution is -2.48. The fourth-order valence-electron chi connectivity index (χ4n) is 3.30. The number of hydrogen-bond acceptors (Lipinski definition) is 4. The lowest BCUT2D eigenvalue weighted by atomic mass is 9.97. The Kier molecular flexibility index (Phi) is 3.97. The maximum atomic E-state index is 12.6. The summed E-state index contributed by atoms with van der Waals surface area (Å²) in [5, 5.41) is 14.2. The number of hydrogen-bond donors (Lipinski definition) is 2. The van der Waals surface area contributed by atoms with Gasteiger partial charge in [-0.1, -0.05) is 12.8 Å². The van der Waals surface area contributed by atoms with Crippen LogP contribution in [-0.2, 0) is 9.59 Å². The number of carbonyl (C=O) groups excluding carboxylic acids is 3. The topological polar surface area (TPSA) is 102 Å². The molecule has 1 spiro atoms. The highest BCUT2D eigenvalue weighted by atomic mass is 16.2. The Balaban J connectivity index is 1.72. The van der Waals surface area contributed by atoms with Crippen molar-refractivity contribution in [2.75, 3.05) is 5.32 Å². The van der Waals surface area contributed by atoms with Crippen LogP contribution < -0.4 is 10.6 Å². The van der Waals surface area contributed by atoms with E-state index in [2.05, 4.69) is 10.6 Å². The van der Waals surface area contributed by atoms with Gasteiger partial charge in [-0.2, -0.15) is 5.26 Å². The third-order valence-corrected chi connectivity index (χ3v) is 4.70. The third kappa shape index (κ3) is 2.60. The van der Waals surface area contributed by atoms with Crippen molar-refractivity contribution in [3.63, 3.8) is 0 Å². The second kappa shape index (κ2) is 5.96. The van der Waals surface area contributed by atoms with Crippen molar-refractivity contribution in [2.24, 2.45) is 0 Å². The molecule has 2 aliphatic rings. The molecular formula is C17H18N4O3. The van der Waals surface area contributed by atoms with Crippen molar-refractivity contribution >= 4 is 23.5 Å². The van der Waals surface area contributed by atoms with Crippen molar-refractivity contribution in [3.05, 3.63) is 29.8 Å². The van der Waals surface area contributed by atoms with Gasteiger partial charge in [0.25, 0.3) is 5.91 Å². The second-order valence-electron chi connectivity index (χ2n) is 6.25. The first-order chi connectivity index (χ1) is 11.5. The van der Waals surface area contributed by atoms with Crippen LogP contribution in [0.5, 0.6) is 0 Å². The minimum absolute atomic E-state index is 0.313. The van der Waals surface area contributed by atoms with Gasteiger partial charge in [-0.3, -0.25) is 9.59 Å². The Hall–Kier alpha value is -2.88. The lowest BCUT2D eigenvalue weighted by molar-refractivity contribution is -0.136. The number of nitrogens with one attached hydrogen (secondary N) is 2. The Bertz CT molecular complexity index is 729. The lowest BCUT2D eigenvalue weighted by Gasteiger charge is -2.23. The quantitative estimate of drug-likeness (QED) is 0.826. The highest BCUT2D eigenvalue weighted by Gasteiger charge is 2.54. The summed E-state index contributed by atoms with van der Waals surface area (Å²) in [4.78, 5) is 38.3. The van der Waals surface area contributed by atoms with Gasteiger partial charge < -0.3 is 10.6 Å². The normalized spacial score (nSPS) is 19.9. The molecule has 1 aromatic rings. The van der Waals surface area contributed by atoms with E-state index in [1.54, 1.807) is 24.3 Å². The van der Waals surface area contributed by atoms with Crippen LogP contribution in [0.4, 0.5) is 10.5 Å². The summed E-state index contributed by atoms with van der Waals surface area (Å²) in [5.74, 6) is -0.759. The summed E-state index contributed by atoms with van der Waals surface area (Å²) in [6.45, 7) is 1.53. The highest BCUT2D eigenvalue weighted by molar-refractivity contribution is 6.11. The van der Waals surface area contributed by atoms with Gasteiger partial charge in [-0.15, -0.1) is 0 Å². The van der Waals surface area contributed by atoms with E-state index < -0.39 is 23.5 Å². The second-order valence-corrected chi connectivity index (χ2v) is 6.25. The molecule has 1 unspecified atom stereocenters. The van der Waals surface area contributed by atoms with Crippen LogP contribution in [0.1, 0.15) is 38.2 Å². The zero-order valence-corrected chi connectivity index (χ0v) is 13.3. The molecule has 1 aliphatic carbocycles. The summed E-state index contributed by atoms with van der Waals surface area (Å²) < 4.78 is 0. The van der Waals surface area contributed by atoms with E-state index in [1.165, 1.54) is 6.92 Å². The first-order valence-electron chi connectivity index (χ1n) is 7.94. The molecule has 1 heterocycles. The third-order valence-electron chi connectivity index (χ3n) is 4.70.